The highest BCUT2D eigenvalue weighted by Crippen LogP contribution is 2.47. The average molecular weight is 613 g/mol. The Morgan fingerprint density at radius 3 is 2.83 bits per heavy atom. The Morgan fingerprint density at radius 1 is 1.24 bits per heavy atom. The number of fused-ring (bicyclic) bond motifs is 4. The summed E-state index contributed by atoms with van der Waals surface area (Å²) in [6.07, 6.45) is 8.45. The minimum Gasteiger partial charge on any atom is -0.490 e. The number of hydrogen-bond donors (Lipinski definition) is 2. The lowest BCUT2D eigenvalue weighted by Gasteiger charge is -2.46. The third-order valence-electron chi connectivity index (χ3n) is 10.0. The number of hydrogen-bond acceptors (Lipinski definition) is 6. The Balaban J connectivity index is 1.43. The fraction of sp³-hybridized carbons (Fsp3) is 0.515. The molecule has 226 valence electrons. The number of ether oxygens (including phenoxy) is 2. The van der Waals surface area contributed by atoms with E-state index >= 15 is 0 Å². The molecule has 1 spiro atoms. The Kier molecular flexibility index (Phi) is 8.11. The summed E-state index contributed by atoms with van der Waals surface area (Å²) in [7, 11) is -1.40. The molecule has 9 heteroatoms. The maximum absolute atomic E-state index is 13.5. The van der Waals surface area contributed by atoms with Crippen molar-refractivity contribution in [1.29, 1.82) is 0 Å². The standard InChI is InChI=1S/C33H41ClN2O5S/c1-21-29(37)7-4-8-30(40-2)26-12-9-24(26)18-36-19-33(15-5-6-22-16-25(34)11-13-27(22)33)20-41-31-14-10-23(17-28(31)36)32(38)35-42(21,3)39/h4,8,10-11,13-14,16-17,21,24,26,29-30,37H,3,5-7,9,12,15,18-20H2,1-2H3,(H,35,38,39)/b8-4+/t21-,24-,26+,29+,30-,33-,42?/m0/s1. The second-order valence-corrected chi connectivity index (χ2v) is 15.4. The zero-order valence-electron chi connectivity index (χ0n) is 24.4. The van der Waals surface area contributed by atoms with Crippen LogP contribution in [0, 0.1) is 11.8 Å². The van der Waals surface area contributed by atoms with Gasteiger partial charge in [0.25, 0.3) is 5.91 Å². The molecular formula is C33H41ClN2O5S. The van der Waals surface area contributed by atoms with Crippen LogP contribution in [0.5, 0.6) is 5.75 Å². The van der Waals surface area contributed by atoms with E-state index in [1.54, 1.807) is 20.1 Å². The number of methoxy groups -OCH3 is 1. The molecule has 1 fully saturated rings. The van der Waals surface area contributed by atoms with Crippen LogP contribution in [-0.4, -0.2) is 65.4 Å². The van der Waals surface area contributed by atoms with Gasteiger partial charge < -0.3 is 19.5 Å². The molecule has 1 amide bonds. The summed E-state index contributed by atoms with van der Waals surface area (Å²) >= 11 is 6.41. The lowest BCUT2D eigenvalue weighted by atomic mass is 9.68. The van der Waals surface area contributed by atoms with E-state index in [0.717, 1.165) is 61.7 Å². The van der Waals surface area contributed by atoms with Crippen molar-refractivity contribution in [2.75, 3.05) is 31.7 Å². The van der Waals surface area contributed by atoms with E-state index < -0.39 is 27.0 Å². The van der Waals surface area contributed by atoms with Gasteiger partial charge in [0.05, 0.1) is 39.5 Å². The highest BCUT2D eigenvalue weighted by molar-refractivity contribution is 7.99. The van der Waals surface area contributed by atoms with Crippen LogP contribution in [-0.2, 0) is 26.3 Å². The third-order valence-corrected chi connectivity index (χ3v) is 12.3. The zero-order valence-corrected chi connectivity index (χ0v) is 26.0. The minimum atomic E-state index is -3.13. The molecular weight excluding hydrogens is 572 g/mol. The van der Waals surface area contributed by atoms with Crippen LogP contribution in [0.25, 0.3) is 0 Å². The molecule has 7 atom stereocenters. The van der Waals surface area contributed by atoms with Gasteiger partial charge in [0.1, 0.15) is 5.75 Å². The van der Waals surface area contributed by atoms with E-state index in [-0.39, 0.29) is 11.5 Å². The van der Waals surface area contributed by atoms with Crippen molar-refractivity contribution in [3.63, 3.8) is 0 Å². The van der Waals surface area contributed by atoms with E-state index in [1.807, 2.05) is 30.4 Å². The molecule has 4 aliphatic rings. The number of benzene rings is 2. The lowest BCUT2D eigenvalue weighted by Crippen LogP contribution is -2.49. The van der Waals surface area contributed by atoms with Crippen LogP contribution >= 0.6 is 11.6 Å². The summed E-state index contributed by atoms with van der Waals surface area (Å²) in [5, 5.41) is 10.8. The SMILES string of the molecule is C=S1(=O)NC(=O)c2ccc3c(c2)N(C[C@@H]2CC[C@H]2[C@@H](OC)/C=C/C[C@@H](O)[C@@H]1C)C[C@@]1(CCCc2cc(Cl)ccc21)CO3. The van der Waals surface area contributed by atoms with E-state index in [1.165, 1.54) is 11.1 Å². The molecule has 0 aromatic heterocycles. The number of anilines is 1. The molecule has 0 radical (unpaired) electrons. The van der Waals surface area contributed by atoms with Crippen LogP contribution in [0.15, 0.2) is 48.6 Å². The van der Waals surface area contributed by atoms with Gasteiger partial charge in [-0.2, -0.15) is 0 Å². The van der Waals surface area contributed by atoms with E-state index in [9.17, 15) is 14.1 Å². The van der Waals surface area contributed by atoms with Gasteiger partial charge in [-0.25, -0.2) is 4.21 Å². The Labute approximate surface area is 254 Å². The lowest BCUT2D eigenvalue weighted by molar-refractivity contribution is 0.0130. The number of amides is 1. The molecule has 2 aromatic carbocycles. The molecule has 1 saturated carbocycles. The summed E-state index contributed by atoms with van der Waals surface area (Å²) < 4.78 is 28.6. The first-order chi connectivity index (χ1) is 20.1. The topological polar surface area (TPSA) is 88.1 Å². The van der Waals surface area contributed by atoms with E-state index in [0.29, 0.717) is 30.4 Å². The number of nitrogens with zero attached hydrogens (tertiary/aromatic N) is 1. The first-order valence-corrected chi connectivity index (χ1v) is 17.1. The molecule has 2 N–H and O–H groups in total. The highest BCUT2D eigenvalue weighted by Gasteiger charge is 2.44. The van der Waals surface area contributed by atoms with E-state index in [2.05, 4.69) is 27.6 Å². The number of rotatable bonds is 1. The molecule has 6 rings (SSSR count). The molecule has 2 bridgehead atoms. The van der Waals surface area contributed by atoms with Crippen molar-refractivity contribution in [2.45, 2.75) is 68.3 Å². The van der Waals surface area contributed by atoms with Crippen molar-refractivity contribution >= 4 is 38.8 Å². The molecule has 42 heavy (non-hydrogen) atoms. The summed E-state index contributed by atoms with van der Waals surface area (Å²) in [5.74, 6) is 4.81. The average Bonchev–Trinajstić information content (AvgIpc) is 3.10. The van der Waals surface area contributed by atoms with Crippen LogP contribution in [0.3, 0.4) is 0 Å². The summed E-state index contributed by atoms with van der Waals surface area (Å²) in [5.41, 5.74) is 3.62. The van der Waals surface area contributed by atoms with Gasteiger partial charge in [-0.3, -0.25) is 9.52 Å². The number of carbonyl (C=O) groups excluding carboxylic acids is 1. The van der Waals surface area contributed by atoms with Gasteiger partial charge in [-0.15, -0.1) is 0 Å². The summed E-state index contributed by atoms with van der Waals surface area (Å²) in [6.45, 7) is 3.76. The minimum absolute atomic E-state index is 0.0801. The second-order valence-electron chi connectivity index (χ2n) is 12.6. The van der Waals surface area contributed by atoms with Crippen molar-refractivity contribution in [3.8, 4) is 5.75 Å². The van der Waals surface area contributed by atoms with Crippen LogP contribution < -0.4 is 14.4 Å². The maximum atomic E-state index is 13.5. The van der Waals surface area contributed by atoms with Crippen molar-refractivity contribution in [1.82, 2.24) is 4.72 Å². The van der Waals surface area contributed by atoms with Crippen LogP contribution in [0.4, 0.5) is 5.69 Å². The third kappa shape index (κ3) is 5.47. The van der Waals surface area contributed by atoms with Crippen LogP contribution in [0.1, 0.15) is 60.5 Å². The smallest absolute Gasteiger partial charge is 0.262 e. The first-order valence-electron chi connectivity index (χ1n) is 15.0. The molecule has 2 heterocycles. The Morgan fingerprint density at radius 2 is 2.07 bits per heavy atom. The number of aliphatic hydroxyl groups is 1. The van der Waals surface area contributed by atoms with Gasteiger partial charge in [0, 0.05) is 36.2 Å². The van der Waals surface area contributed by atoms with Gasteiger partial charge >= 0.3 is 0 Å². The first kappa shape index (κ1) is 29.5. The fourth-order valence-corrected chi connectivity index (χ4v) is 8.73. The van der Waals surface area contributed by atoms with Gasteiger partial charge in [0.2, 0.25) is 0 Å². The molecule has 1 unspecified atom stereocenters. The highest BCUT2D eigenvalue weighted by atomic mass is 35.5. The molecule has 2 aromatic rings. The summed E-state index contributed by atoms with van der Waals surface area (Å²) in [6, 6.07) is 11.7. The predicted octanol–water partition coefficient (Wildman–Crippen LogP) is 4.92. The number of aliphatic hydroxyl groups excluding tert-OH is 1. The van der Waals surface area contributed by atoms with E-state index in [4.69, 9.17) is 21.1 Å². The monoisotopic (exact) mass is 612 g/mol. The predicted molar refractivity (Wildman–Crippen MR) is 169 cm³/mol. The Bertz CT molecular complexity index is 1490. The molecule has 2 aliphatic heterocycles. The number of nitrogens with one attached hydrogen (secondary N) is 1. The second kappa shape index (κ2) is 11.5. The molecule has 0 saturated heterocycles. The summed E-state index contributed by atoms with van der Waals surface area (Å²) in [4.78, 5) is 15.8. The van der Waals surface area contributed by atoms with Crippen LogP contribution in [0.2, 0.25) is 5.02 Å². The zero-order chi connectivity index (χ0) is 29.6. The van der Waals surface area contributed by atoms with Crippen molar-refractivity contribution in [2.24, 2.45) is 11.8 Å². The maximum Gasteiger partial charge on any atom is 0.262 e. The number of carbonyl (C=O) groups is 1. The fourth-order valence-electron chi connectivity index (χ4n) is 7.29. The normalized spacial score (nSPS) is 35.6. The number of halogens is 1. The Hall–Kier alpha value is -2.52. The largest absolute Gasteiger partial charge is 0.490 e. The molecule has 2 aliphatic carbocycles. The van der Waals surface area contributed by atoms with Gasteiger partial charge in [0.15, 0.2) is 0 Å². The number of aryl methyl sites for hydroxylation is 1. The quantitative estimate of drug-likeness (QED) is 0.351. The van der Waals surface area contributed by atoms with Gasteiger partial charge in [-0.1, -0.05) is 29.8 Å². The van der Waals surface area contributed by atoms with Crippen molar-refractivity contribution in [3.05, 3.63) is 70.3 Å². The van der Waals surface area contributed by atoms with Crippen molar-refractivity contribution < 1.29 is 23.6 Å². The molecule has 7 nitrogen and oxygen atoms in total. The van der Waals surface area contributed by atoms with Gasteiger partial charge in [-0.05, 0) is 105 Å².